The van der Waals surface area contributed by atoms with E-state index in [0.717, 1.165) is 24.3 Å². The lowest BCUT2D eigenvalue weighted by atomic mass is 10.2. The van der Waals surface area contributed by atoms with Gasteiger partial charge in [-0.2, -0.15) is 13.2 Å². The maximum absolute atomic E-state index is 13.1. The lowest BCUT2D eigenvalue weighted by Crippen LogP contribution is -2.16. The van der Waals surface area contributed by atoms with E-state index in [-0.39, 0.29) is 11.3 Å². The number of alkyl halides is 3. The summed E-state index contributed by atoms with van der Waals surface area (Å²) in [6, 6.07) is 1.81. The van der Waals surface area contributed by atoms with Crippen LogP contribution in [0.15, 0.2) is 61.1 Å². The number of thiophene rings is 1. The van der Waals surface area contributed by atoms with Gasteiger partial charge in [0.05, 0.1) is 10.5 Å². The molecular weight excluding hydrogens is 397 g/mol. The Kier molecular flexibility index (Phi) is 4.67. The predicted molar refractivity (Wildman–Crippen MR) is 79.4 cm³/mol. The molecule has 0 amide bonds. The van der Waals surface area contributed by atoms with E-state index in [4.69, 9.17) is 10.7 Å². The van der Waals surface area contributed by atoms with Crippen LogP contribution in [0.25, 0.3) is 0 Å². The molecule has 0 saturated heterocycles. The highest BCUT2D eigenvalue weighted by Gasteiger charge is 2.39. The van der Waals surface area contributed by atoms with Crippen molar-refractivity contribution < 1.29 is 30.0 Å². The van der Waals surface area contributed by atoms with Gasteiger partial charge >= 0.3 is 6.18 Å². The van der Waals surface area contributed by atoms with Crippen LogP contribution < -0.4 is 0 Å². The molecule has 0 fully saturated rings. The normalized spacial score (nSPS) is 16.0. The molecule has 0 aliphatic heterocycles. The molecule has 0 spiro atoms. The molecule has 1 aromatic rings. The van der Waals surface area contributed by atoms with Gasteiger partial charge in [0.25, 0.3) is 9.05 Å². The minimum atomic E-state index is -4.91. The fourth-order valence-electron chi connectivity index (χ4n) is 1.63. The van der Waals surface area contributed by atoms with E-state index in [1.54, 1.807) is 0 Å². The minimum absolute atomic E-state index is 0.268. The van der Waals surface area contributed by atoms with Crippen LogP contribution in [0.1, 0.15) is 0 Å². The Balaban J connectivity index is 2.70. The summed E-state index contributed by atoms with van der Waals surface area (Å²) in [5.74, 6) is 0. The number of rotatable bonds is 3. The molecule has 23 heavy (non-hydrogen) atoms. The first-order chi connectivity index (χ1) is 10.4. The van der Waals surface area contributed by atoms with Crippen molar-refractivity contribution in [3.05, 3.63) is 52.6 Å². The summed E-state index contributed by atoms with van der Waals surface area (Å²) >= 11 is 0.268. The summed E-state index contributed by atoms with van der Waals surface area (Å²) in [5.41, 5.74) is 0.926. The molecule has 2 rings (SSSR count). The fraction of sp³-hybridized carbons (Fsp3) is 0.0833. The fourth-order valence-corrected chi connectivity index (χ4v) is 5.73. The van der Waals surface area contributed by atoms with Crippen LogP contribution in [-0.2, 0) is 18.9 Å². The van der Waals surface area contributed by atoms with Crippen molar-refractivity contribution in [2.45, 2.75) is 14.6 Å². The molecule has 1 aromatic heterocycles. The van der Waals surface area contributed by atoms with Crippen molar-refractivity contribution >= 4 is 40.9 Å². The second-order valence-corrected chi connectivity index (χ2v) is 10.1. The quantitative estimate of drug-likeness (QED) is 0.572. The molecule has 0 atom stereocenters. The average Bonchev–Trinajstić information content (AvgIpc) is 2.75. The zero-order chi connectivity index (χ0) is 17.5. The van der Waals surface area contributed by atoms with E-state index in [1.165, 1.54) is 0 Å². The van der Waals surface area contributed by atoms with Crippen LogP contribution in [0.5, 0.6) is 0 Å². The molecule has 0 radical (unpaired) electrons. The number of sulfone groups is 1. The SMILES string of the molecule is O=S(=O)(Cl)c1ccc(S(=O)(=O)C2=C(C(F)(F)F)C=CC=C=C2)s1. The Morgan fingerprint density at radius 1 is 1.09 bits per heavy atom. The van der Waals surface area contributed by atoms with Crippen LogP contribution in [0.4, 0.5) is 13.2 Å². The molecule has 0 unspecified atom stereocenters. The molecular formula is C12H6ClF3O4S3. The molecule has 4 nitrogen and oxygen atoms in total. The van der Waals surface area contributed by atoms with Crippen molar-refractivity contribution in [1.82, 2.24) is 0 Å². The van der Waals surface area contributed by atoms with E-state index in [2.05, 4.69) is 5.73 Å². The highest BCUT2D eigenvalue weighted by molar-refractivity contribution is 8.15. The van der Waals surface area contributed by atoms with Gasteiger partial charge in [-0.3, -0.25) is 0 Å². The molecule has 1 aliphatic carbocycles. The van der Waals surface area contributed by atoms with Gasteiger partial charge in [0.15, 0.2) is 0 Å². The van der Waals surface area contributed by atoms with Crippen molar-refractivity contribution in [2.75, 3.05) is 0 Å². The third kappa shape index (κ3) is 3.78. The highest BCUT2D eigenvalue weighted by Crippen LogP contribution is 2.37. The topological polar surface area (TPSA) is 68.3 Å². The first kappa shape index (κ1) is 18.0. The van der Waals surface area contributed by atoms with Gasteiger partial charge in [-0.1, -0.05) is 6.08 Å². The summed E-state index contributed by atoms with van der Waals surface area (Å²) in [6.07, 6.45) is -1.49. The summed E-state index contributed by atoms with van der Waals surface area (Å²) < 4.78 is 85.4. The van der Waals surface area contributed by atoms with Gasteiger partial charge in [-0.05, 0) is 30.4 Å². The first-order valence-electron chi connectivity index (χ1n) is 5.64. The molecule has 0 bridgehead atoms. The zero-order valence-electron chi connectivity index (χ0n) is 10.8. The smallest absolute Gasteiger partial charge is 0.218 e. The summed E-state index contributed by atoms with van der Waals surface area (Å²) in [6.45, 7) is 0. The monoisotopic (exact) mass is 402 g/mol. The van der Waals surface area contributed by atoms with Crippen LogP contribution in [-0.4, -0.2) is 23.0 Å². The molecule has 0 aromatic carbocycles. The van der Waals surface area contributed by atoms with E-state index in [0.29, 0.717) is 12.2 Å². The Bertz CT molecular complexity index is 973. The lowest BCUT2D eigenvalue weighted by Gasteiger charge is -2.11. The Morgan fingerprint density at radius 2 is 1.70 bits per heavy atom. The molecule has 0 N–H and O–H groups in total. The third-order valence-electron chi connectivity index (χ3n) is 2.59. The number of hydrogen-bond donors (Lipinski definition) is 0. The van der Waals surface area contributed by atoms with Crippen LogP contribution in [0, 0.1) is 0 Å². The lowest BCUT2D eigenvalue weighted by molar-refractivity contribution is -0.0884. The van der Waals surface area contributed by atoms with E-state index < -0.39 is 44.0 Å². The van der Waals surface area contributed by atoms with E-state index >= 15 is 0 Å². The molecule has 1 heterocycles. The van der Waals surface area contributed by atoms with Crippen LogP contribution >= 0.6 is 22.0 Å². The molecule has 0 saturated carbocycles. The molecule has 1 aliphatic rings. The Labute approximate surface area is 138 Å². The summed E-state index contributed by atoms with van der Waals surface area (Å²) in [7, 11) is -3.68. The average molecular weight is 403 g/mol. The minimum Gasteiger partial charge on any atom is -0.218 e. The largest absolute Gasteiger partial charge is 0.417 e. The van der Waals surface area contributed by atoms with Gasteiger partial charge < -0.3 is 0 Å². The standard InChI is InChI=1S/C12H6ClF3O4S3/c13-23(19,20)11-7-6-10(21-11)22(17,18)9-5-3-1-2-4-8(9)12(14,15)16/h1-2,4-7H. The van der Waals surface area contributed by atoms with Gasteiger partial charge in [-0.15, -0.1) is 17.1 Å². The van der Waals surface area contributed by atoms with Crippen molar-refractivity contribution in [2.24, 2.45) is 0 Å². The maximum Gasteiger partial charge on any atom is 0.417 e. The Hall–Kier alpha value is -1.32. The van der Waals surface area contributed by atoms with Gasteiger partial charge in [-0.25, -0.2) is 16.8 Å². The Morgan fingerprint density at radius 3 is 2.22 bits per heavy atom. The van der Waals surface area contributed by atoms with Gasteiger partial charge in [0.1, 0.15) is 8.42 Å². The van der Waals surface area contributed by atoms with Gasteiger partial charge in [0.2, 0.25) is 9.84 Å². The second kappa shape index (κ2) is 5.95. The van der Waals surface area contributed by atoms with Crippen molar-refractivity contribution in [3.63, 3.8) is 0 Å². The number of allylic oxidation sites excluding steroid dienone is 4. The first-order valence-corrected chi connectivity index (χ1v) is 10.2. The van der Waals surface area contributed by atoms with Crippen molar-refractivity contribution in [3.8, 4) is 0 Å². The summed E-state index contributed by atoms with van der Waals surface area (Å²) in [5, 5.41) is 0. The van der Waals surface area contributed by atoms with Crippen LogP contribution in [0.2, 0.25) is 0 Å². The number of hydrogen-bond acceptors (Lipinski definition) is 5. The van der Waals surface area contributed by atoms with E-state index in [9.17, 15) is 30.0 Å². The highest BCUT2D eigenvalue weighted by atomic mass is 35.7. The second-order valence-electron chi connectivity index (χ2n) is 4.13. The zero-order valence-corrected chi connectivity index (χ0v) is 14.0. The number of halogens is 4. The maximum atomic E-state index is 13.1. The van der Waals surface area contributed by atoms with E-state index in [1.807, 2.05) is 0 Å². The molecule has 11 heteroatoms. The molecule has 124 valence electrons. The van der Waals surface area contributed by atoms with Gasteiger partial charge in [0, 0.05) is 10.7 Å². The van der Waals surface area contributed by atoms with Crippen LogP contribution in [0.3, 0.4) is 0 Å². The predicted octanol–water partition coefficient (Wildman–Crippen LogP) is 3.55. The van der Waals surface area contributed by atoms with Crippen molar-refractivity contribution in [1.29, 1.82) is 0 Å². The third-order valence-corrected chi connectivity index (χ3v) is 8.06. The summed E-state index contributed by atoms with van der Waals surface area (Å²) in [4.78, 5) is -1.02.